The molecule has 1 N–H and O–H groups in total. The summed E-state index contributed by atoms with van der Waals surface area (Å²) in [5, 5.41) is 13.2. The largest absolute Gasteiger partial charge is 0.493 e. The smallest absolute Gasteiger partial charge is 0.329 e. The minimum Gasteiger partial charge on any atom is -0.493 e. The first-order valence-electron chi connectivity index (χ1n) is 10.2. The van der Waals surface area contributed by atoms with Gasteiger partial charge in [-0.05, 0) is 47.6 Å². The molecule has 3 aromatic carbocycles. The van der Waals surface area contributed by atoms with E-state index in [-0.39, 0.29) is 12.5 Å². The molecule has 4 rings (SSSR count). The van der Waals surface area contributed by atoms with Gasteiger partial charge in [0.2, 0.25) is 5.88 Å². The summed E-state index contributed by atoms with van der Waals surface area (Å²) in [5.41, 5.74) is 1.71. The zero-order valence-electron chi connectivity index (χ0n) is 17.5. The van der Waals surface area contributed by atoms with E-state index in [4.69, 9.17) is 17.0 Å². The maximum absolute atomic E-state index is 12.7. The van der Waals surface area contributed by atoms with Crippen LogP contribution in [0, 0.1) is 3.95 Å². The number of aromatic hydroxyl groups is 1. The summed E-state index contributed by atoms with van der Waals surface area (Å²) in [5.74, 6) is -0.517. The third kappa shape index (κ3) is 4.79. The topological polar surface area (TPSA) is 63.8 Å². The number of fused-ring (bicyclic) bond motifs is 1. The number of hydrogen-bond donors (Lipinski definition) is 1. The molecule has 0 fully saturated rings. The first-order chi connectivity index (χ1) is 15.6. The molecule has 162 valence electrons. The third-order valence-corrected chi connectivity index (χ3v) is 6.37. The van der Waals surface area contributed by atoms with Crippen molar-refractivity contribution >= 4 is 52.2 Å². The van der Waals surface area contributed by atoms with Gasteiger partial charge < -0.3 is 9.84 Å². The van der Waals surface area contributed by atoms with E-state index in [1.54, 1.807) is 13.1 Å². The summed E-state index contributed by atoms with van der Waals surface area (Å²) >= 11 is 6.71. The maximum Gasteiger partial charge on any atom is 0.329 e. The van der Waals surface area contributed by atoms with Gasteiger partial charge in [0, 0.05) is 6.42 Å². The van der Waals surface area contributed by atoms with Crippen molar-refractivity contribution in [2.45, 2.75) is 19.4 Å². The molecular formula is C25H22N2O3S2. The standard InChI is InChI=1S/C25H22N2O3S2/c1-2-30-24(29)21(14-17-8-4-3-5-9-17)27-23(28)22(32-25(27)31)16-26-20-13-12-18-10-6-7-11-19(18)15-20/h3-13,15-16,21,28H,2,14H2,1H3. The average Bonchev–Trinajstić information content (AvgIpc) is 3.09. The van der Waals surface area contributed by atoms with Crippen LogP contribution < -0.4 is 0 Å². The van der Waals surface area contributed by atoms with Crippen LogP contribution in [0.4, 0.5) is 5.69 Å². The van der Waals surface area contributed by atoms with Crippen molar-refractivity contribution in [2.75, 3.05) is 6.61 Å². The fourth-order valence-corrected chi connectivity index (χ4v) is 4.78. The van der Waals surface area contributed by atoms with Crippen LogP contribution in [0.2, 0.25) is 0 Å². The van der Waals surface area contributed by atoms with Crippen LogP contribution in [0.5, 0.6) is 5.88 Å². The van der Waals surface area contributed by atoms with Crippen LogP contribution in [0.3, 0.4) is 0 Å². The molecule has 32 heavy (non-hydrogen) atoms. The maximum atomic E-state index is 12.7. The second kappa shape index (κ2) is 9.89. The second-order valence-electron chi connectivity index (χ2n) is 7.17. The lowest BCUT2D eigenvalue weighted by atomic mass is 10.1. The fourth-order valence-electron chi connectivity index (χ4n) is 3.50. The number of ether oxygens (including phenoxy) is 1. The highest BCUT2D eigenvalue weighted by atomic mass is 32.1. The number of carbonyl (C=O) groups excluding carboxylic acids is 1. The number of carbonyl (C=O) groups is 1. The Morgan fingerprint density at radius 3 is 2.59 bits per heavy atom. The normalized spacial score (nSPS) is 12.3. The first kappa shape index (κ1) is 21.9. The molecule has 1 atom stereocenters. The van der Waals surface area contributed by atoms with Crippen molar-refractivity contribution in [1.29, 1.82) is 0 Å². The van der Waals surface area contributed by atoms with Crippen LogP contribution in [0.15, 0.2) is 77.8 Å². The zero-order valence-corrected chi connectivity index (χ0v) is 19.1. The molecule has 1 heterocycles. The SMILES string of the molecule is CCOC(=O)C(Cc1ccccc1)n1c(O)c(C=Nc2ccc3ccccc3c2)sc1=S. The Kier molecular flexibility index (Phi) is 6.78. The molecule has 0 spiro atoms. The molecular weight excluding hydrogens is 440 g/mol. The molecule has 1 unspecified atom stereocenters. The van der Waals surface area contributed by atoms with E-state index in [2.05, 4.69) is 4.99 Å². The molecule has 7 heteroatoms. The Morgan fingerprint density at radius 2 is 1.84 bits per heavy atom. The molecule has 0 aliphatic carbocycles. The van der Waals surface area contributed by atoms with Gasteiger partial charge in [0.15, 0.2) is 3.95 Å². The van der Waals surface area contributed by atoms with Crippen molar-refractivity contribution in [3.63, 3.8) is 0 Å². The van der Waals surface area contributed by atoms with Crippen LogP contribution in [-0.4, -0.2) is 28.5 Å². The number of aromatic nitrogens is 1. The lowest BCUT2D eigenvalue weighted by Crippen LogP contribution is -2.24. The molecule has 0 aliphatic heterocycles. The molecule has 1 aromatic heterocycles. The highest BCUT2D eigenvalue weighted by molar-refractivity contribution is 7.73. The number of benzene rings is 3. The Hall–Kier alpha value is -3.29. The molecule has 0 saturated carbocycles. The van der Waals surface area contributed by atoms with Gasteiger partial charge in [0.25, 0.3) is 0 Å². The summed E-state index contributed by atoms with van der Waals surface area (Å²) in [6, 6.07) is 22.8. The van der Waals surface area contributed by atoms with Crippen molar-refractivity contribution in [3.8, 4) is 5.88 Å². The van der Waals surface area contributed by atoms with Gasteiger partial charge in [-0.25, -0.2) is 4.79 Å². The molecule has 5 nitrogen and oxygen atoms in total. The number of nitrogens with zero attached hydrogens (tertiary/aromatic N) is 2. The van der Waals surface area contributed by atoms with Crippen molar-refractivity contribution in [1.82, 2.24) is 4.57 Å². The van der Waals surface area contributed by atoms with Gasteiger partial charge >= 0.3 is 5.97 Å². The Morgan fingerprint density at radius 1 is 1.12 bits per heavy atom. The van der Waals surface area contributed by atoms with Gasteiger partial charge in [0.1, 0.15) is 10.9 Å². The first-order valence-corrected chi connectivity index (χ1v) is 11.5. The summed E-state index contributed by atoms with van der Waals surface area (Å²) in [6.07, 6.45) is 1.95. The Labute approximate surface area is 195 Å². The number of hydrogen-bond acceptors (Lipinski definition) is 6. The van der Waals surface area contributed by atoms with E-state index < -0.39 is 12.0 Å². The second-order valence-corrected chi connectivity index (χ2v) is 8.85. The highest BCUT2D eigenvalue weighted by Gasteiger charge is 2.27. The van der Waals surface area contributed by atoms with Gasteiger partial charge in [-0.1, -0.05) is 72.0 Å². The summed E-state index contributed by atoms with van der Waals surface area (Å²) in [6.45, 7) is 2.00. The molecule has 0 aliphatic rings. The molecule has 0 amide bonds. The van der Waals surface area contributed by atoms with Gasteiger partial charge in [0.05, 0.1) is 18.5 Å². The molecule has 0 bridgehead atoms. The van der Waals surface area contributed by atoms with Crippen LogP contribution in [0.1, 0.15) is 23.4 Å². The molecule has 0 radical (unpaired) electrons. The quantitative estimate of drug-likeness (QED) is 0.201. The van der Waals surface area contributed by atoms with Crippen molar-refractivity contribution < 1.29 is 14.6 Å². The minimum atomic E-state index is -0.760. The van der Waals surface area contributed by atoms with Crippen molar-refractivity contribution in [2.24, 2.45) is 4.99 Å². The number of aliphatic imine (C=N–C) groups is 1. The zero-order chi connectivity index (χ0) is 22.5. The lowest BCUT2D eigenvalue weighted by Gasteiger charge is -2.18. The Balaban J connectivity index is 1.66. The molecule has 0 saturated heterocycles. The van der Waals surface area contributed by atoms with E-state index in [9.17, 15) is 9.90 Å². The monoisotopic (exact) mass is 462 g/mol. The number of esters is 1. The van der Waals surface area contributed by atoms with E-state index in [0.29, 0.717) is 15.3 Å². The number of thiazole rings is 1. The summed E-state index contributed by atoms with van der Waals surface area (Å²) in [7, 11) is 0. The molecule has 4 aromatic rings. The predicted octanol–water partition coefficient (Wildman–Crippen LogP) is 6.24. The van der Waals surface area contributed by atoms with E-state index in [0.717, 1.165) is 22.0 Å². The summed E-state index contributed by atoms with van der Waals surface area (Å²) in [4.78, 5) is 17.7. The van der Waals surface area contributed by atoms with Crippen molar-refractivity contribution in [3.05, 3.63) is 87.2 Å². The highest BCUT2D eigenvalue weighted by Crippen LogP contribution is 2.31. The van der Waals surface area contributed by atoms with Gasteiger partial charge in [-0.15, -0.1) is 0 Å². The average molecular weight is 463 g/mol. The lowest BCUT2D eigenvalue weighted by molar-refractivity contribution is -0.147. The predicted molar refractivity (Wildman–Crippen MR) is 132 cm³/mol. The van der Waals surface area contributed by atoms with Crippen LogP contribution in [0.25, 0.3) is 10.8 Å². The van der Waals surface area contributed by atoms with E-state index in [1.165, 1.54) is 15.9 Å². The fraction of sp³-hybridized carbons (Fsp3) is 0.160. The van der Waals surface area contributed by atoms with E-state index >= 15 is 0 Å². The van der Waals surface area contributed by atoms with E-state index in [1.807, 2.05) is 72.8 Å². The van der Waals surface area contributed by atoms with Crippen LogP contribution >= 0.6 is 23.6 Å². The Bertz CT molecular complexity index is 1330. The number of rotatable bonds is 7. The van der Waals surface area contributed by atoms with Gasteiger partial charge in [-0.3, -0.25) is 9.56 Å². The minimum absolute atomic E-state index is 0.0847. The van der Waals surface area contributed by atoms with Crippen LogP contribution in [-0.2, 0) is 16.0 Å². The van der Waals surface area contributed by atoms with Gasteiger partial charge in [-0.2, -0.15) is 0 Å². The third-order valence-electron chi connectivity index (χ3n) is 5.05. The summed E-state index contributed by atoms with van der Waals surface area (Å²) < 4.78 is 7.12.